The van der Waals surface area contributed by atoms with Gasteiger partial charge in [-0.05, 0) is 74.8 Å². The molecule has 0 spiro atoms. The van der Waals surface area contributed by atoms with E-state index in [1.807, 2.05) is 0 Å². The van der Waals surface area contributed by atoms with Crippen LogP contribution in [0.25, 0.3) is 109 Å². The molecule has 0 amide bonds. The van der Waals surface area contributed by atoms with Gasteiger partial charge in [-0.25, -0.2) is 0 Å². The Bertz CT molecular complexity index is 3380. The van der Waals surface area contributed by atoms with Gasteiger partial charge in [-0.3, -0.25) is 0 Å². The maximum Gasteiger partial charge on any atom is 0.147 e. The van der Waals surface area contributed by atoms with Gasteiger partial charge in [0.15, 0.2) is 0 Å². The topological polar surface area (TPSA) is 23.0 Å². The quantitative estimate of drug-likeness (QED) is 0.171. The van der Waals surface area contributed by atoms with E-state index in [2.05, 4.69) is 179 Å². The number of aromatic nitrogens is 2. The van der Waals surface area contributed by atoms with Gasteiger partial charge in [0, 0.05) is 32.9 Å². The van der Waals surface area contributed by atoms with Crippen LogP contribution in [0.4, 0.5) is 0 Å². The van der Waals surface area contributed by atoms with Gasteiger partial charge in [-0.15, -0.1) is 0 Å². The molecule has 0 N–H and O–H groups in total. The number of hydrogen-bond donors (Lipinski definition) is 0. The van der Waals surface area contributed by atoms with Gasteiger partial charge in [0.2, 0.25) is 0 Å². The summed E-state index contributed by atoms with van der Waals surface area (Å²) >= 11 is 0. The predicted octanol–water partition coefficient (Wildman–Crippen LogP) is 13.2. The highest BCUT2D eigenvalue weighted by Gasteiger charge is 2.27. The largest absolute Gasteiger partial charge is 0.455 e. The predicted molar refractivity (Wildman–Crippen MR) is 215 cm³/mol. The van der Waals surface area contributed by atoms with Gasteiger partial charge in [0.1, 0.15) is 11.2 Å². The second-order valence-corrected chi connectivity index (χ2v) is 13.6. The lowest BCUT2D eigenvalue weighted by Gasteiger charge is -2.14. The number of fused-ring (bicyclic) bond motifs is 18. The number of hydrogen-bond acceptors (Lipinski definition) is 1. The lowest BCUT2D eigenvalue weighted by molar-refractivity contribution is 0.673. The molecule has 236 valence electrons. The van der Waals surface area contributed by atoms with Gasteiger partial charge in [-0.1, -0.05) is 127 Å². The Hall–Kier alpha value is -6.84. The summed E-state index contributed by atoms with van der Waals surface area (Å²) in [6, 6.07) is 61.6. The molecule has 3 heteroatoms. The molecule has 0 aliphatic rings. The van der Waals surface area contributed by atoms with Crippen LogP contribution in [-0.2, 0) is 0 Å². The molecule has 0 saturated heterocycles. The van der Waals surface area contributed by atoms with Crippen molar-refractivity contribution in [3.8, 4) is 11.4 Å². The van der Waals surface area contributed by atoms with Crippen LogP contribution in [0.5, 0.6) is 0 Å². The Morgan fingerprint density at radius 3 is 1.41 bits per heavy atom. The lowest BCUT2D eigenvalue weighted by Crippen LogP contribution is -1.96. The molecule has 0 saturated carbocycles. The zero-order chi connectivity index (χ0) is 33.2. The Morgan fingerprint density at radius 2 is 0.765 bits per heavy atom. The molecule has 3 aromatic heterocycles. The normalized spacial score (nSPS) is 12.3. The van der Waals surface area contributed by atoms with Crippen molar-refractivity contribution in [1.82, 2.24) is 9.13 Å². The second-order valence-electron chi connectivity index (χ2n) is 13.6. The first kappa shape index (κ1) is 27.0. The number of furan rings is 1. The van der Waals surface area contributed by atoms with E-state index in [-0.39, 0.29) is 0 Å². The fraction of sp³-hybridized carbons (Fsp3) is 0. The molecule has 0 atom stereocenters. The minimum Gasteiger partial charge on any atom is -0.455 e. The van der Waals surface area contributed by atoms with E-state index in [0.29, 0.717) is 0 Å². The summed E-state index contributed by atoms with van der Waals surface area (Å²) in [5.74, 6) is 0. The zero-order valence-electron chi connectivity index (χ0n) is 27.5. The summed E-state index contributed by atoms with van der Waals surface area (Å²) in [6.07, 6.45) is 0. The molecular formula is C48H28N2O. The first-order valence-electron chi connectivity index (χ1n) is 17.5. The average molecular weight is 649 g/mol. The Kier molecular flexibility index (Phi) is 5.23. The minimum atomic E-state index is 0.894. The van der Waals surface area contributed by atoms with E-state index < -0.39 is 0 Å². The number of benzene rings is 9. The van der Waals surface area contributed by atoms with Crippen molar-refractivity contribution in [3.63, 3.8) is 0 Å². The van der Waals surface area contributed by atoms with E-state index >= 15 is 0 Å². The van der Waals surface area contributed by atoms with Crippen molar-refractivity contribution in [1.29, 1.82) is 0 Å². The molecular weight excluding hydrogens is 621 g/mol. The first-order valence-corrected chi connectivity index (χ1v) is 17.5. The van der Waals surface area contributed by atoms with Crippen molar-refractivity contribution < 1.29 is 4.42 Å². The molecule has 9 aromatic carbocycles. The third-order valence-electron chi connectivity index (χ3n) is 11.0. The maximum absolute atomic E-state index is 6.97. The van der Waals surface area contributed by atoms with E-state index in [0.717, 1.165) is 55.2 Å². The third kappa shape index (κ3) is 3.47. The minimum absolute atomic E-state index is 0.894. The second kappa shape index (κ2) is 9.87. The van der Waals surface area contributed by atoms with Crippen molar-refractivity contribution in [2.45, 2.75) is 0 Å². The van der Waals surface area contributed by atoms with Crippen LogP contribution in [-0.4, -0.2) is 9.13 Å². The summed E-state index contributed by atoms with van der Waals surface area (Å²) < 4.78 is 11.9. The SMILES string of the molecule is c1ccc(-n2c3ccccc3c3c4oc5ccccc5c4c4c(c5ccccc5n4-c4ccc5c6ccccc6c6ccccc6c5c4)c32)cc1. The van der Waals surface area contributed by atoms with Gasteiger partial charge in [-0.2, -0.15) is 0 Å². The summed E-state index contributed by atoms with van der Waals surface area (Å²) in [5.41, 5.74) is 8.72. The van der Waals surface area contributed by atoms with Gasteiger partial charge < -0.3 is 13.6 Å². The van der Waals surface area contributed by atoms with Crippen LogP contribution in [0.3, 0.4) is 0 Å². The fourth-order valence-electron chi connectivity index (χ4n) is 9.03. The molecule has 0 aliphatic carbocycles. The number of para-hydroxylation sites is 4. The first-order chi connectivity index (χ1) is 25.3. The van der Waals surface area contributed by atoms with Crippen LogP contribution in [0.2, 0.25) is 0 Å². The summed E-state index contributed by atoms with van der Waals surface area (Å²) in [6.45, 7) is 0. The highest BCUT2D eigenvalue weighted by molar-refractivity contribution is 6.39. The molecule has 12 aromatic rings. The summed E-state index contributed by atoms with van der Waals surface area (Å²) in [7, 11) is 0. The third-order valence-corrected chi connectivity index (χ3v) is 11.0. The van der Waals surface area contributed by atoms with E-state index in [9.17, 15) is 0 Å². The standard InChI is InChI=1S/C48H28N2O/c1-2-14-29(15-3-1)49-41-24-12-9-21-37(41)44-46(49)43-36-20-8-11-23-40(36)50(47(43)45-38-22-10-13-25-42(38)51-48(44)45)30-26-27-35-33-18-5-4-16-31(33)32-17-6-7-19-34(32)39(35)28-30/h1-28H. The smallest absolute Gasteiger partial charge is 0.147 e. The van der Waals surface area contributed by atoms with Crippen LogP contribution >= 0.6 is 0 Å². The molecule has 51 heavy (non-hydrogen) atoms. The van der Waals surface area contributed by atoms with Crippen molar-refractivity contribution in [3.05, 3.63) is 170 Å². The molecule has 0 fully saturated rings. The average Bonchev–Trinajstić information content (AvgIpc) is 3.86. The molecule has 0 aliphatic heterocycles. The molecule has 3 heterocycles. The monoisotopic (exact) mass is 648 g/mol. The van der Waals surface area contributed by atoms with Gasteiger partial charge in [0.25, 0.3) is 0 Å². The Labute approximate surface area is 291 Å². The van der Waals surface area contributed by atoms with Crippen LogP contribution < -0.4 is 0 Å². The lowest BCUT2D eigenvalue weighted by atomic mass is 9.94. The molecule has 0 radical (unpaired) electrons. The summed E-state index contributed by atoms with van der Waals surface area (Å²) in [4.78, 5) is 0. The van der Waals surface area contributed by atoms with Crippen LogP contribution in [0, 0.1) is 0 Å². The molecule has 0 bridgehead atoms. The number of nitrogens with zero attached hydrogens (tertiary/aromatic N) is 2. The van der Waals surface area contributed by atoms with E-state index in [4.69, 9.17) is 4.42 Å². The van der Waals surface area contributed by atoms with E-state index in [1.165, 1.54) is 54.0 Å². The van der Waals surface area contributed by atoms with Crippen molar-refractivity contribution in [2.75, 3.05) is 0 Å². The van der Waals surface area contributed by atoms with Crippen LogP contribution in [0.15, 0.2) is 174 Å². The highest BCUT2D eigenvalue weighted by atomic mass is 16.3. The fourth-order valence-corrected chi connectivity index (χ4v) is 9.03. The van der Waals surface area contributed by atoms with Crippen molar-refractivity contribution >= 4 is 97.9 Å². The molecule has 0 unspecified atom stereocenters. The van der Waals surface area contributed by atoms with Gasteiger partial charge >= 0.3 is 0 Å². The molecule has 3 nitrogen and oxygen atoms in total. The Balaban J connectivity index is 1.36. The van der Waals surface area contributed by atoms with Crippen molar-refractivity contribution in [2.24, 2.45) is 0 Å². The van der Waals surface area contributed by atoms with Crippen LogP contribution in [0.1, 0.15) is 0 Å². The number of rotatable bonds is 2. The summed E-state index contributed by atoms with van der Waals surface area (Å²) in [5, 5.41) is 14.6. The Morgan fingerprint density at radius 1 is 0.314 bits per heavy atom. The molecule has 12 rings (SSSR count). The van der Waals surface area contributed by atoms with E-state index in [1.54, 1.807) is 0 Å². The maximum atomic E-state index is 6.97. The zero-order valence-corrected chi connectivity index (χ0v) is 27.5. The highest BCUT2D eigenvalue weighted by Crippen LogP contribution is 2.49. The van der Waals surface area contributed by atoms with Gasteiger partial charge in [0.05, 0.1) is 32.8 Å².